The second kappa shape index (κ2) is 6.75. The van der Waals surface area contributed by atoms with Crippen LogP contribution in [0, 0.1) is 5.82 Å². The molecule has 1 saturated carbocycles. The van der Waals surface area contributed by atoms with Crippen molar-refractivity contribution in [3.8, 4) is 5.75 Å². The average Bonchev–Trinajstić information content (AvgIpc) is 3.19. The van der Waals surface area contributed by atoms with Crippen LogP contribution in [-0.2, 0) is 16.4 Å². The number of rotatable bonds is 8. The molecule has 118 valence electrons. The van der Waals surface area contributed by atoms with Gasteiger partial charge in [-0.05, 0) is 44.4 Å². The molecule has 1 fully saturated rings. The molecule has 4 nitrogen and oxygen atoms in total. The fraction of sp³-hybridized carbons (Fsp3) is 0.600. The molecule has 1 aliphatic carbocycles. The van der Waals surface area contributed by atoms with Gasteiger partial charge in [0.2, 0.25) is 0 Å². The van der Waals surface area contributed by atoms with E-state index in [0.717, 1.165) is 5.56 Å². The highest BCUT2D eigenvalue weighted by atomic mass is 32.2. The zero-order valence-corrected chi connectivity index (χ0v) is 13.2. The zero-order chi connectivity index (χ0) is 15.5. The number of benzene rings is 1. The first-order chi connectivity index (χ1) is 9.87. The summed E-state index contributed by atoms with van der Waals surface area (Å²) in [7, 11) is -3.13. The van der Waals surface area contributed by atoms with E-state index in [2.05, 4.69) is 5.32 Å². The summed E-state index contributed by atoms with van der Waals surface area (Å²) in [6.07, 6.45) is 2.34. The van der Waals surface area contributed by atoms with Gasteiger partial charge in [-0.2, -0.15) is 0 Å². The molecule has 0 spiro atoms. The Morgan fingerprint density at radius 2 is 2.05 bits per heavy atom. The summed E-state index contributed by atoms with van der Waals surface area (Å²) in [5.74, 6) is -0.0509. The van der Waals surface area contributed by atoms with Crippen molar-refractivity contribution in [2.24, 2.45) is 0 Å². The first-order valence-electron chi connectivity index (χ1n) is 7.24. The summed E-state index contributed by atoms with van der Waals surface area (Å²) in [6.45, 7) is 3.92. The molecule has 0 atom stereocenters. The minimum Gasteiger partial charge on any atom is -0.492 e. The van der Waals surface area contributed by atoms with Gasteiger partial charge in [0.05, 0.1) is 11.0 Å². The number of hydrogen-bond acceptors (Lipinski definition) is 4. The van der Waals surface area contributed by atoms with Crippen molar-refractivity contribution in [1.82, 2.24) is 5.32 Å². The Labute approximate surface area is 125 Å². The predicted molar refractivity (Wildman–Crippen MR) is 80.7 cm³/mol. The summed E-state index contributed by atoms with van der Waals surface area (Å²) >= 11 is 0. The third kappa shape index (κ3) is 5.28. The van der Waals surface area contributed by atoms with Gasteiger partial charge in [-0.25, -0.2) is 12.8 Å². The van der Waals surface area contributed by atoms with Crippen molar-refractivity contribution in [3.05, 3.63) is 29.6 Å². The molecule has 0 aromatic heterocycles. The molecule has 6 heteroatoms. The van der Waals surface area contributed by atoms with E-state index in [4.69, 9.17) is 4.74 Å². The van der Waals surface area contributed by atoms with Gasteiger partial charge in [-0.1, -0.05) is 0 Å². The Morgan fingerprint density at radius 3 is 2.67 bits per heavy atom. The van der Waals surface area contributed by atoms with Crippen molar-refractivity contribution in [3.63, 3.8) is 0 Å². The van der Waals surface area contributed by atoms with Crippen LogP contribution in [0.2, 0.25) is 0 Å². The molecule has 0 unspecified atom stereocenters. The van der Waals surface area contributed by atoms with Gasteiger partial charge in [0.25, 0.3) is 0 Å². The normalized spacial score (nSPS) is 15.4. The third-order valence-electron chi connectivity index (χ3n) is 3.46. The molecule has 1 N–H and O–H groups in total. The van der Waals surface area contributed by atoms with Crippen LogP contribution in [0.5, 0.6) is 5.75 Å². The molecule has 1 aromatic carbocycles. The predicted octanol–water partition coefficient (Wildman–Crippen LogP) is 2.28. The molecular weight excluding hydrogens is 293 g/mol. The number of sulfone groups is 1. The van der Waals surface area contributed by atoms with Crippen LogP contribution in [0.4, 0.5) is 4.39 Å². The van der Waals surface area contributed by atoms with Crippen LogP contribution in [0.25, 0.3) is 0 Å². The largest absolute Gasteiger partial charge is 0.492 e. The van der Waals surface area contributed by atoms with Crippen molar-refractivity contribution in [2.45, 2.75) is 44.5 Å². The summed E-state index contributed by atoms with van der Waals surface area (Å²) in [5.41, 5.74) is 0.809. The van der Waals surface area contributed by atoms with Crippen LogP contribution in [0.15, 0.2) is 18.2 Å². The van der Waals surface area contributed by atoms with Gasteiger partial charge in [0.15, 0.2) is 9.84 Å². The maximum absolute atomic E-state index is 13.5. The van der Waals surface area contributed by atoms with Crippen molar-refractivity contribution >= 4 is 9.84 Å². The van der Waals surface area contributed by atoms with Crippen LogP contribution in [0.1, 0.15) is 32.3 Å². The minimum absolute atomic E-state index is 0.0411. The minimum atomic E-state index is -3.13. The summed E-state index contributed by atoms with van der Waals surface area (Å²) in [4.78, 5) is 0. The second-order valence-corrected chi connectivity index (χ2v) is 8.39. The molecule has 0 radical (unpaired) electrons. The van der Waals surface area contributed by atoms with E-state index in [1.54, 1.807) is 19.9 Å². The fourth-order valence-electron chi connectivity index (χ4n) is 1.87. The van der Waals surface area contributed by atoms with E-state index < -0.39 is 15.1 Å². The average molecular weight is 315 g/mol. The van der Waals surface area contributed by atoms with Gasteiger partial charge in [-0.3, -0.25) is 0 Å². The van der Waals surface area contributed by atoms with E-state index >= 15 is 0 Å². The number of nitrogens with one attached hydrogen (secondary N) is 1. The Kier molecular flexibility index (Phi) is 5.22. The van der Waals surface area contributed by atoms with Gasteiger partial charge < -0.3 is 10.1 Å². The van der Waals surface area contributed by atoms with Crippen molar-refractivity contribution in [1.29, 1.82) is 0 Å². The highest BCUT2D eigenvalue weighted by molar-refractivity contribution is 7.91. The third-order valence-corrected chi connectivity index (χ3v) is 5.63. The second-order valence-electron chi connectivity index (χ2n) is 5.71. The summed E-state index contributed by atoms with van der Waals surface area (Å²) in [5, 5.41) is 2.88. The molecule has 0 bridgehead atoms. The molecule has 21 heavy (non-hydrogen) atoms. The van der Waals surface area contributed by atoms with Gasteiger partial charge in [-0.15, -0.1) is 0 Å². The molecule has 1 aromatic rings. The first-order valence-corrected chi connectivity index (χ1v) is 8.95. The standard InChI is InChI=1S/C15H22FNO3S/c1-11(2)21(18,19)6-5-20-15-8-12(7-13(16)9-15)10-17-14-3-4-14/h7-9,11,14,17H,3-6,10H2,1-2H3. The molecule has 0 aliphatic heterocycles. The number of ether oxygens (including phenoxy) is 1. The van der Waals surface area contributed by atoms with Crippen molar-refractivity contribution < 1.29 is 17.5 Å². The lowest BCUT2D eigenvalue weighted by Gasteiger charge is -2.11. The summed E-state index contributed by atoms with van der Waals surface area (Å²) < 4.78 is 42.3. The lowest BCUT2D eigenvalue weighted by Crippen LogP contribution is -2.22. The fourth-order valence-corrected chi connectivity index (χ4v) is 2.65. The number of halogens is 1. The topological polar surface area (TPSA) is 55.4 Å². The number of hydrogen-bond donors (Lipinski definition) is 1. The zero-order valence-electron chi connectivity index (χ0n) is 12.4. The molecule has 0 amide bonds. The lowest BCUT2D eigenvalue weighted by atomic mass is 10.2. The van der Waals surface area contributed by atoms with Gasteiger partial charge in [0, 0.05) is 18.7 Å². The smallest absolute Gasteiger partial charge is 0.155 e. The Morgan fingerprint density at radius 1 is 1.33 bits per heavy atom. The van der Waals surface area contributed by atoms with E-state index in [-0.39, 0.29) is 18.2 Å². The molecule has 0 saturated heterocycles. The first kappa shape index (κ1) is 16.2. The van der Waals surface area contributed by atoms with Crippen molar-refractivity contribution in [2.75, 3.05) is 12.4 Å². The van der Waals surface area contributed by atoms with Crippen LogP contribution >= 0.6 is 0 Å². The van der Waals surface area contributed by atoms with E-state index in [9.17, 15) is 12.8 Å². The lowest BCUT2D eigenvalue weighted by molar-refractivity contribution is 0.338. The monoisotopic (exact) mass is 315 g/mol. The maximum atomic E-state index is 13.5. The highest BCUT2D eigenvalue weighted by Crippen LogP contribution is 2.21. The molecule has 1 aliphatic rings. The molecule has 2 rings (SSSR count). The van der Waals surface area contributed by atoms with Crippen LogP contribution in [-0.4, -0.2) is 32.1 Å². The van der Waals surface area contributed by atoms with Crippen LogP contribution < -0.4 is 10.1 Å². The Bertz CT molecular complexity index is 583. The van der Waals surface area contributed by atoms with E-state index in [1.165, 1.54) is 25.0 Å². The maximum Gasteiger partial charge on any atom is 0.155 e. The van der Waals surface area contributed by atoms with E-state index in [1.807, 2.05) is 0 Å². The molecule has 0 heterocycles. The van der Waals surface area contributed by atoms with Crippen LogP contribution in [0.3, 0.4) is 0 Å². The van der Waals surface area contributed by atoms with Gasteiger partial charge >= 0.3 is 0 Å². The quantitative estimate of drug-likeness (QED) is 0.799. The Balaban J connectivity index is 1.89. The highest BCUT2D eigenvalue weighted by Gasteiger charge is 2.20. The Hall–Kier alpha value is -1.14. The molecular formula is C15H22FNO3S. The van der Waals surface area contributed by atoms with E-state index in [0.29, 0.717) is 18.3 Å². The van der Waals surface area contributed by atoms with Gasteiger partial charge in [0.1, 0.15) is 18.2 Å². The summed E-state index contributed by atoms with van der Waals surface area (Å²) in [6, 6.07) is 5.05. The SMILES string of the molecule is CC(C)S(=O)(=O)CCOc1cc(F)cc(CNC2CC2)c1.